The Bertz CT molecular complexity index is 689. The van der Waals surface area contributed by atoms with Gasteiger partial charge in [-0.05, 0) is 18.9 Å². The lowest BCUT2D eigenvalue weighted by molar-refractivity contribution is -0.385. The van der Waals surface area contributed by atoms with Gasteiger partial charge >= 0.3 is 5.69 Å². The van der Waals surface area contributed by atoms with Crippen LogP contribution in [0.5, 0.6) is 5.75 Å². The van der Waals surface area contributed by atoms with Gasteiger partial charge in [0.05, 0.1) is 11.5 Å². The summed E-state index contributed by atoms with van der Waals surface area (Å²) in [7, 11) is 0. The molecule has 9 heteroatoms. The van der Waals surface area contributed by atoms with Crippen molar-refractivity contribution >= 4 is 28.1 Å². The lowest BCUT2D eigenvalue weighted by Gasteiger charge is -2.06. The summed E-state index contributed by atoms with van der Waals surface area (Å²) in [6.45, 7) is 2.18. The van der Waals surface area contributed by atoms with Gasteiger partial charge in [-0.2, -0.15) is 0 Å². The van der Waals surface area contributed by atoms with Crippen LogP contribution in [-0.4, -0.2) is 27.6 Å². The maximum absolute atomic E-state index is 11.8. The predicted molar refractivity (Wildman–Crippen MR) is 85.7 cm³/mol. The molecule has 0 atom stereocenters. The molecular weight excluding hydrogens is 320 g/mol. The number of ether oxygens (including phenoxy) is 1. The van der Waals surface area contributed by atoms with Crippen LogP contribution in [0.25, 0.3) is 0 Å². The molecule has 0 saturated heterocycles. The number of nitrogens with one attached hydrogen (secondary N) is 1. The molecule has 0 aliphatic heterocycles. The van der Waals surface area contributed by atoms with E-state index >= 15 is 0 Å². The first-order chi connectivity index (χ1) is 11.1. The van der Waals surface area contributed by atoms with Gasteiger partial charge in [0.2, 0.25) is 11.0 Å². The fraction of sp³-hybridized carbons (Fsp3) is 0.357. The van der Waals surface area contributed by atoms with Gasteiger partial charge in [0.25, 0.3) is 0 Å². The van der Waals surface area contributed by atoms with Gasteiger partial charge in [-0.3, -0.25) is 14.9 Å². The highest BCUT2D eigenvalue weighted by atomic mass is 32.1. The highest BCUT2D eigenvalue weighted by Crippen LogP contribution is 2.25. The Morgan fingerprint density at radius 1 is 1.39 bits per heavy atom. The maximum Gasteiger partial charge on any atom is 0.310 e. The Morgan fingerprint density at radius 2 is 2.17 bits per heavy atom. The molecule has 0 saturated carbocycles. The van der Waals surface area contributed by atoms with Crippen LogP contribution < -0.4 is 10.1 Å². The van der Waals surface area contributed by atoms with Gasteiger partial charge in [0, 0.05) is 12.5 Å². The van der Waals surface area contributed by atoms with Crippen molar-refractivity contribution in [1.29, 1.82) is 0 Å². The van der Waals surface area contributed by atoms with Gasteiger partial charge in [0.15, 0.2) is 5.75 Å². The van der Waals surface area contributed by atoms with Crippen LogP contribution in [0.2, 0.25) is 0 Å². The summed E-state index contributed by atoms with van der Waals surface area (Å²) in [5, 5.41) is 22.6. The van der Waals surface area contributed by atoms with Crippen molar-refractivity contribution in [3.8, 4) is 5.75 Å². The monoisotopic (exact) mass is 336 g/mol. The summed E-state index contributed by atoms with van der Waals surface area (Å²) in [6.07, 6.45) is 1.45. The largest absolute Gasteiger partial charge is 0.487 e. The highest BCUT2D eigenvalue weighted by molar-refractivity contribution is 7.15. The van der Waals surface area contributed by atoms with Crippen LogP contribution in [-0.2, 0) is 11.2 Å². The average Bonchev–Trinajstić information content (AvgIpc) is 2.99. The fourth-order valence-corrected chi connectivity index (χ4v) is 2.47. The zero-order valence-corrected chi connectivity index (χ0v) is 13.3. The molecule has 2 aromatic rings. The molecule has 2 rings (SSSR count). The van der Waals surface area contributed by atoms with E-state index in [9.17, 15) is 14.9 Å². The minimum Gasteiger partial charge on any atom is -0.487 e. The lowest BCUT2D eigenvalue weighted by Crippen LogP contribution is -2.12. The molecule has 0 fully saturated rings. The number of rotatable bonds is 8. The van der Waals surface area contributed by atoms with Crippen molar-refractivity contribution in [2.75, 3.05) is 11.9 Å². The van der Waals surface area contributed by atoms with Crippen LogP contribution in [0.4, 0.5) is 10.8 Å². The molecule has 1 amide bonds. The zero-order valence-electron chi connectivity index (χ0n) is 12.5. The Morgan fingerprint density at radius 3 is 2.87 bits per heavy atom. The summed E-state index contributed by atoms with van der Waals surface area (Å²) in [4.78, 5) is 22.1. The van der Waals surface area contributed by atoms with E-state index < -0.39 is 4.92 Å². The van der Waals surface area contributed by atoms with Crippen molar-refractivity contribution in [2.24, 2.45) is 0 Å². The second kappa shape index (κ2) is 8.18. The number of anilines is 1. The second-order valence-electron chi connectivity index (χ2n) is 4.58. The zero-order chi connectivity index (χ0) is 16.7. The van der Waals surface area contributed by atoms with E-state index in [0.717, 1.165) is 11.4 Å². The Hall–Kier alpha value is -2.55. The van der Waals surface area contributed by atoms with Gasteiger partial charge in [-0.15, -0.1) is 10.2 Å². The van der Waals surface area contributed by atoms with Crippen molar-refractivity contribution in [3.63, 3.8) is 0 Å². The van der Waals surface area contributed by atoms with Crippen LogP contribution in [0.15, 0.2) is 24.3 Å². The summed E-state index contributed by atoms with van der Waals surface area (Å²) >= 11 is 1.34. The molecule has 1 N–H and O–H groups in total. The number of nitro groups is 1. The van der Waals surface area contributed by atoms with E-state index in [1.807, 2.05) is 6.92 Å². The number of carbonyl (C=O) groups excluding carboxylic acids is 1. The summed E-state index contributed by atoms with van der Waals surface area (Å²) in [5.41, 5.74) is -0.0853. The Labute approximate surface area is 136 Å². The topological polar surface area (TPSA) is 107 Å². The van der Waals surface area contributed by atoms with Gasteiger partial charge < -0.3 is 10.1 Å². The number of para-hydroxylation sites is 2. The van der Waals surface area contributed by atoms with E-state index in [-0.39, 0.29) is 30.4 Å². The molecule has 0 radical (unpaired) electrons. The van der Waals surface area contributed by atoms with Gasteiger partial charge in [-0.1, -0.05) is 30.4 Å². The number of nitrogens with zero attached hydrogens (tertiary/aromatic N) is 3. The fourth-order valence-electron chi connectivity index (χ4n) is 1.77. The van der Waals surface area contributed by atoms with Crippen LogP contribution in [0.1, 0.15) is 24.8 Å². The van der Waals surface area contributed by atoms with Crippen LogP contribution in [0.3, 0.4) is 0 Å². The number of amides is 1. The van der Waals surface area contributed by atoms with E-state index in [2.05, 4.69) is 15.5 Å². The van der Waals surface area contributed by atoms with Crippen LogP contribution >= 0.6 is 11.3 Å². The quantitative estimate of drug-likeness (QED) is 0.451. The minimum absolute atomic E-state index is 0.0853. The average molecular weight is 336 g/mol. The van der Waals surface area contributed by atoms with Crippen molar-refractivity contribution in [2.45, 2.75) is 26.2 Å². The summed E-state index contributed by atoms with van der Waals surface area (Å²) in [6, 6.07) is 6.15. The Balaban J connectivity index is 1.75. The summed E-state index contributed by atoms with van der Waals surface area (Å²) < 4.78 is 5.37. The predicted octanol–water partition coefficient (Wildman–Crippen LogP) is 2.81. The molecule has 122 valence electrons. The number of benzene rings is 1. The van der Waals surface area contributed by atoms with Gasteiger partial charge in [-0.25, -0.2) is 0 Å². The van der Waals surface area contributed by atoms with Crippen molar-refractivity contribution < 1.29 is 14.5 Å². The van der Waals surface area contributed by atoms with E-state index in [4.69, 9.17) is 4.74 Å². The molecule has 0 unspecified atom stereocenters. The molecule has 8 nitrogen and oxygen atoms in total. The standard InChI is InChI=1S/C14H16N4O4S/c1-2-13-16-17-14(23-13)15-12(19)8-5-9-22-11-7-4-3-6-10(11)18(20)21/h3-4,6-7H,2,5,8-9H2,1H3,(H,15,17,19). The first kappa shape index (κ1) is 16.8. The second-order valence-corrected chi connectivity index (χ2v) is 5.64. The first-order valence-corrected chi connectivity index (χ1v) is 7.90. The number of aromatic nitrogens is 2. The smallest absolute Gasteiger partial charge is 0.310 e. The number of carbonyl (C=O) groups is 1. The minimum atomic E-state index is -0.497. The SMILES string of the molecule is CCc1nnc(NC(=O)CCCOc2ccccc2[N+](=O)[O-])s1. The molecule has 0 spiro atoms. The van der Waals surface area contributed by atoms with Gasteiger partial charge in [0.1, 0.15) is 5.01 Å². The maximum atomic E-state index is 11.8. The third-order valence-electron chi connectivity index (χ3n) is 2.88. The molecule has 0 aliphatic carbocycles. The number of aryl methyl sites for hydroxylation is 1. The van der Waals surface area contributed by atoms with Crippen molar-refractivity contribution in [3.05, 3.63) is 39.4 Å². The normalized spacial score (nSPS) is 10.3. The third-order valence-corrected chi connectivity index (χ3v) is 3.87. The van der Waals surface area contributed by atoms with E-state index in [1.54, 1.807) is 12.1 Å². The Kier molecular flexibility index (Phi) is 5.98. The molecule has 23 heavy (non-hydrogen) atoms. The molecule has 0 aliphatic rings. The first-order valence-electron chi connectivity index (χ1n) is 7.08. The number of hydrogen-bond donors (Lipinski definition) is 1. The molecule has 1 aromatic heterocycles. The van der Waals surface area contributed by atoms with E-state index in [1.165, 1.54) is 23.5 Å². The third kappa shape index (κ3) is 4.99. The number of hydrogen-bond acceptors (Lipinski definition) is 7. The summed E-state index contributed by atoms with van der Waals surface area (Å²) in [5.74, 6) is 0.0181. The van der Waals surface area contributed by atoms with Crippen molar-refractivity contribution in [1.82, 2.24) is 10.2 Å². The highest BCUT2D eigenvalue weighted by Gasteiger charge is 2.13. The molecule has 0 bridgehead atoms. The molecule has 1 aromatic carbocycles. The number of nitro benzene ring substituents is 1. The molecular formula is C14H16N4O4S. The van der Waals surface area contributed by atoms with E-state index in [0.29, 0.717) is 11.6 Å². The molecule has 1 heterocycles. The van der Waals surface area contributed by atoms with Crippen LogP contribution in [0, 0.1) is 10.1 Å². The lowest BCUT2D eigenvalue weighted by atomic mass is 10.3.